The summed E-state index contributed by atoms with van der Waals surface area (Å²) in [6.07, 6.45) is 0.855. The molecule has 1 atom stereocenters. The Labute approximate surface area is 102 Å². The quantitative estimate of drug-likeness (QED) is 0.826. The van der Waals surface area contributed by atoms with Crippen LogP contribution in [-0.2, 0) is 0 Å². The summed E-state index contributed by atoms with van der Waals surface area (Å²) in [4.78, 5) is 13.6. The Kier molecular flexibility index (Phi) is 3.64. The molecular formula is C13H19N3O. The minimum Gasteiger partial charge on any atom is -0.330 e. The smallest absolute Gasteiger partial charge is 0.318 e. The van der Waals surface area contributed by atoms with Gasteiger partial charge in [0, 0.05) is 13.1 Å². The van der Waals surface area contributed by atoms with E-state index in [2.05, 4.69) is 30.4 Å². The van der Waals surface area contributed by atoms with E-state index in [1.54, 1.807) is 0 Å². The van der Waals surface area contributed by atoms with Crippen molar-refractivity contribution in [1.82, 2.24) is 10.2 Å². The molecule has 4 heteroatoms. The van der Waals surface area contributed by atoms with Crippen molar-refractivity contribution in [2.75, 3.05) is 19.6 Å². The molecule has 0 aromatic heterocycles. The molecule has 1 heterocycles. The van der Waals surface area contributed by atoms with E-state index in [9.17, 15) is 4.79 Å². The van der Waals surface area contributed by atoms with E-state index in [-0.39, 0.29) is 12.1 Å². The molecular weight excluding hydrogens is 214 g/mol. The molecule has 2 rings (SSSR count). The van der Waals surface area contributed by atoms with Crippen LogP contribution in [0.2, 0.25) is 0 Å². The second kappa shape index (κ2) is 5.19. The lowest BCUT2D eigenvalue weighted by Crippen LogP contribution is -2.30. The maximum absolute atomic E-state index is 11.7. The highest BCUT2D eigenvalue weighted by Crippen LogP contribution is 2.20. The second-order valence-electron chi connectivity index (χ2n) is 4.50. The number of urea groups is 1. The summed E-state index contributed by atoms with van der Waals surface area (Å²) in [6.45, 7) is 4.16. The van der Waals surface area contributed by atoms with Gasteiger partial charge < -0.3 is 16.0 Å². The minimum atomic E-state index is 0.0185. The number of rotatable bonds is 4. The summed E-state index contributed by atoms with van der Waals surface area (Å²) in [5, 5.41) is 3.00. The van der Waals surface area contributed by atoms with Crippen molar-refractivity contribution in [3.05, 3.63) is 35.4 Å². The van der Waals surface area contributed by atoms with Gasteiger partial charge in [0.1, 0.15) is 0 Å². The van der Waals surface area contributed by atoms with Crippen LogP contribution in [0, 0.1) is 6.92 Å². The SMILES string of the molecule is Cc1cccc(C2CN(CCCN)C(=O)N2)c1. The fourth-order valence-corrected chi connectivity index (χ4v) is 2.14. The number of carbonyl (C=O) groups is 1. The Morgan fingerprint density at radius 2 is 2.35 bits per heavy atom. The predicted octanol–water partition coefficient (Wildman–Crippen LogP) is 1.41. The summed E-state index contributed by atoms with van der Waals surface area (Å²) in [5.74, 6) is 0. The number of nitrogens with two attached hydrogens (primary N) is 1. The van der Waals surface area contributed by atoms with E-state index >= 15 is 0 Å². The summed E-state index contributed by atoms with van der Waals surface area (Å²) in [7, 11) is 0. The van der Waals surface area contributed by atoms with Crippen LogP contribution in [0.25, 0.3) is 0 Å². The van der Waals surface area contributed by atoms with Crippen LogP contribution in [0.4, 0.5) is 4.79 Å². The number of benzene rings is 1. The van der Waals surface area contributed by atoms with E-state index < -0.39 is 0 Å². The Morgan fingerprint density at radius 3 is 3.06 bits per heavy atom. The first-order chi connectivity index (χ1) is 8.20. The largest absolute Gasteiger partial charge is 0.330 e. The van der Waals surface area contributed by atoms with E-state index in [0.29, 0.717) is 6.54 Å². The Morgan fingerprint density at radius 1 is 1.53 bits per heavy atom. The summed E-state index contributed by atoms with van der Waals surface area (Å²) < 4.78 is 0. The molecule has 1 fully saturated rings. The fourth-order valence-electron chi connectivity index (χ4n) is 2.14. The molecule has 0 bridgehead atoms. The molecule has 1 aromatic rings. The molecule has 1 aliphatic rings. The Balaban J connectivity index is 2.03. The first kappa shape index (κ1) is 11.9. The number of nitrogens with one attached hydrogen (secondary N) is 1. The van der Waals surface area contributed by atoms with Gasteiger partial charge in [-0.2, -0.15) is 0 Å². The van der Waals surface area contributed by atoms with Gasteiger partial charge in [0.2, 0.25) is 0 Å². The summed E-state index contributed by atoms with van der Waals surface area (Å²) in [6, 6.07) is 8.40. The standard InChI is InChI=1S/C13H19N3O/c1-10-4-2-5-11(8-10)12-9-16(7-3-6-14)13(17)15-12/h2,4-5,8,12H,3,6-7,9,14H2,1H3,(H,15,17). The van der Waals surface area contributed by atoms with Crippen LogP contribution in [0.3, 0.4) is 0 Å². The average Bonchev–Trinajstić information content (AvgIpc) is 2.68. The number of aryl methyl sites for hydroxylation is 1. The molecule has 0 spiro atoms. The lowest BCUT2D eigenvalue weighted by Gasteiger charge is -2.14. The van der Waals surface area contributed by atoms with Crippen LogP contribution >= 0.6 is 0 Å². The van der Waals surface area contributed by atoms with E-state index in [1.807, 2.05) is 11.0 Å². The molecule has 1 saturated heterocycles. The molecule has 2 amide bonds. The maximum Gasteiger partial charge on any atom is 0.318 e. The molecule has 1 unspecified atom stereocenters. The Bertz CT molecular complexity index is 405. The van der Waals surface area contributed by atoms with Gasteiger partial charge in [0.15, 0.2) is 0 Å². The number of hydrogen-bond donors (Lipinski definition) is 2. The molecule has 92 valence electrons. The molecule has 1 aliphatic heterocycles. The highest BCUT2D eigenvalue weighted by molar-refractivity contribution is 5.77. The summed E-state index contributed by atoms with van der Waals surface area (Å²) in [5.41, 5.74) is 7.85. The van der Waals surface area contributed by atoms with Crippen LogP contribution in [-0.4, -0.2) is 30.6 Å². The minimum absolute atomic E-state index is 0.0185. The predicted molar refractivity (Wildman–Crippen MR) is 67.7 cm³/mol. The van der Waals surface area contributed by atoms with Gasteiger partial charge >= 0.3 is 6.03 Å². The van der Waals surface area contributed by atoms with Crippen molar-refractivity contribution in [2.24, 2.45) is 5.73 Å². The third kappa shape index (κ3) is 2.77. The maximum atomic E-state index is 11.7. The van der Waals surface area contributed by atoms with E-state index in [4.69, 9.17) is 5.73 Å². The highest BCUT2D eigenvalue weighted by Gasteiger charge is 2.28. The van der Waals surface area contributed by atoms with Gasteiger partial charge in [-0.15, -0.1) is 0 Å². The third-order valence-electron chi connectivity index (χ3n) is 3.06. The van der Waals surface area contributed by atoms with Gasteiger partial charge in [0.25, 0.3) is 0 Å². The van der Waals surface area contributed by atoms with Crippen LogP contribution in [0.5, 0.6) is 0 Å². The van der Waals surface area contributed by atoms with Gasteiger partial charge in [-0.1, -0.05) is 29.8 Å². The van der Waals surface area contributed by atoms with Gasteiger partial charge in [-0.3, -0.25) is 0 Å². The number of hydrogen-bond acceptors (Lipinski definition) is 2. The van der Waals surface area contributed by atoms with Gasteiger partial charge in [-0.25, -0.2) is 4.79 Å². The van der Waals surface area contributed by atoms with Crippen LogP contribution in [0.1, 0.15) is 23.6 Å². The highest BCUT2D eigenvalue weighted by atomic mass is 16.2. The topological polar surface area (TPSA) is 58.4 Å². The van der Waals surface area contributed by atoms with Crippen molar-refractivity contribution >= 4 is 6.03 Å². The van der Waals surface area contributed by atoms with Crippen molar-refractivity contribution in [1.29, 1.82) is 0 Å². The normalized spacial score (nSPS) is 19.5. The number of carbonyl (C=O) groups excluding carboxylic acids is 1. The molecule has 4 nitrogen and oxygen atoms in total. The molecule has 0 aliphatic carbocycles. The zero-order chi connectivity index (χ0) is 12.3. The molecule has 17 heavy (non-hydrogen) atoms. The number of nitrogens with zero attached hydrogens (tertiary/aromatic N) is 1. The van der Waals surface area contributed by atoms with E-state index in [1.165, 1.54) is 11.1 Å². The molecule has 0 radical (unpaired) electrons. The van der Waals surface area contributed by atoms with Crippen molar-refractivity contribution in [3.63, 3.8) is 0 Å². The fraction of sp³-hybridized carbons (Fsp3) is 0.462. The molecule has 0 saturated carbocycles. The summed E-state index contributed by atoms with van der Waals surface area (Å²) >= 11 is 0. The van der Waals surface area contributed by atoms with Gasteiger partial charge in [-0.05, 0) is 25.5 Å². The zero-order valence-corrected chi connectivity index (χ0v) is 10.1. The van der Waals surface area contributed by atoms with Crippen molar-refractivity contribution in [3.8, 4) is 0 Å². The lowest BCUT2D eigenvalue weighted by molar-refractivity contribution is 0.217. The molecule has 1 aromatic carbocycles. The van der Waals surface area contributed by atoms with Crippen molar-refractivity contribution < 1.29 is 4.79 Å². The third-order valence-corrected chi connectivity index (χ3v) is 3.06. The Hall–Kier alpha value is -1.55. The second-order valence-corrected chi connectivity index (χ2v) is 4.50. The van der Waals surface area contributed by atoms with Crippen molar-refractivity contribution in [2.45, 2.75) is 19.4 Å². The van der Waals surface area contributed by atoms with E-state index in [0.717, 1.165) is 19.5 Å². The molecule has 3 N–H and O–H groups in total. The average molecular weight is 233 g/mol. The number of amides is 2. The zero-order valence-electron chi connectivity index (χ0n) is 10.1. The monoisotopic (exact) mass is 233 g/mol. The van der Waals surface area contributed by atoms with Crippen LogP contribution < -0.4 is 11.1 Å². The van der Waals surface area contributed by atoms with Crippen LogP contribution in [0.15, 0.2) is 24.3 Å². The first-order valence-electron chi connectivity index (χ1n) is 6.03. The first-order valence-corrected chi connectivity index (χ1v) is 6.03. The lowest BCUT2D eigenvalue weighted by atomic mass is 10.1. The van der Waals surface area contributed by atoms with Gasteiger partial charge in [0.05, 0.1) is 6.04 Å².